The van der Waals surface area contributed by atoms with Crippen molar-refractivity contribution in [2.75, 3.05) is 19.1 Å². The lowest BCUT2D eigenvalue weighted by Crippen LogP contribution is -2.30. The van der Waals surface area contributed by atoms with Crippen molar-refractivity contribution in [2.24, 2.45) is 0 Å². The summed E-state index contributed by atoms with van der Waals surface area (Å²) in [6, 6.07) is 3.11. The van der Waals surface area contributed by atoms with Crippen LogP contribution < -0.4 is 0 Å². The molecular weight excluding hydrogens is 226 g/mol. The van der Waals surface area contributed by atoms with Crippen molar-refractivity contribution in [1.82, 2.24) is 0 Å². The first kappa shape index (κ1) is 10.8. The molecule has 0 atom stereocenters. The Balaban J connectivity index is 2.46. The van der Waals surface area contributed by atoms with Gasteiger partial charge >= 0.3 is 0 Å². The maximum Gasteiger partial charge on any atom is 0.211 e. The van der Waals surface area contributed by atoms with Crippen molar-refractivity contribution in [3.05, 3.63) is 35.4 Å². The molecular formula is C10H9ClF2O2. The van der Waals surface area contributed by atoms with Crippen molar-refractivity contribution in [3.63, 3.8) is 0 Å². The molecule has 2 rings (SSSR count). The van der Waals surface area contributed by atoms with Gasteiger partial charge in [-0.15, -0.1) is 11.6 Å². The second-order valence-electron chi connectivity index (χ2n) is 3.21. The molecule has 1 saturated heterocycles. The summed E-state index contributed by atoms with van der Waals surface area (Å²) in [6.07, 6.45) is 0. The molecule has 1 aromatic rings. The maximum atomic E-state index is 13.5. The van der Waals surface area contributed by atoms with Gasteiger partial charge in [0.05, 0.1) is 24.7 Å². The molecule has 1 aromatic carbocycles. The summed E-state index contributed by atoms with van der Waals surface area (Å²) in [6.45, 7) is 0.644. The van der Waals surface area contributed by atoms with Crippen molar-refractivity contribution < 1.29 is 18.3 Å². The predicted molar refractivity (Wildman–Crippen MR) is 50.7 cm³/mol. The second-order valence-corrected chi connectivity index (χ2v) is 3.47. The van der Waals surface area contributed by atoms with Gasteiger partial charge in [-0.25, -0.2) is 8.78 Å². The Labute approximate surface area is 90.7 Å². The average Bonchev–Trinajstić information content (AvgIpc) is 2.71. The first-order valence-corrected chi connectivity index (χ1v) is 5.01. The zero-order valence-electron chi connectivity index (χ0n) is 7.80. The number of alkyl halides is 1. The quantitative estimate of drug-likeness (QED) is 0.732. The van der Waals surface area contributed by atoms with Crippen LogP contribution in [0.4, 0.5) is 8.78 Å². The summed E-state index contributed by atoms with van der Waals surface area (Å²) in [5.74, 6) is -2.55. The lowest BCUT2D eigenvalue weighted by molar-refractivity contribution is -0.148. The molecule has 1 aliphatic rings. The highest BCUT2D eigenvalue weighted by molar-refractivity contribution is 6.18. The van der Waals surface area contributed by atoms with E-state index in [9.17, 15) is 8.78 Å². The molecule has 0 radical (unpaired) electrons. The van der Waals surface area contributed by atoms with Gasteiger partial charge in [0, 0.05) is 0 Å². The van der Waals surface area contributed by atoms with E-state index in [1.54, 1.807) is 0 Å². The third-order valence-electron chi connectivity index (χ3n) is 2.27. The largest absolute Gasteiger partial charge is 0.342 e. The summed E-state index contributed by atoms with van der Waals surface area (Å²) in [5.41, 5.74) is 0.00926. The van der Waals surface area contributed by atoms with Gasteiger partial charge < -0.3 is 9.47 Å². The fourth-order valence-corrected chi connectivity index (χ4v) is 1.85. The topological polar surface area (TPSA) is 18.5 Å². The van der Waals surface area contributed by atoms with E-state index >= 15 is 0 Å². The second kappa shape index (κ2) is 4.04. The predicted octanol–water partition coefficient (Wildman–Crippen LogP) is 2.40. The van der Waals surface area contributed by atoms with Crippen LogP contribution in [-0.4, -0.2) is 19.1 Å². The van der Waals surface area contributed by atoms with Gasteiger partial charge in [0.25, 0.3) is 0 Å². The fourth-order valence-electron chi connectivity index (χ4n) is 1.55. The number of benzene rings is 1. The van der Waals surface area contributed by atoms with Gasteiger partial charge in [-0.05, 0) is 18.2 Å². The van der Waals surface area contributed by atoms with Crippen LogP contribution in [0.5, 0.6) is 0 Å². The number of rotatable bonds is 2. The zero-order chi connectivity index (χ0) is 10.9. The van der Waals surface area contributed by atoms with E-state index in [0.29, 0.717) is 13.2 Å². The smallest absolute Gasteiger partial charge is 0.211 e. The molecule has 1 fully saturated rings. The molecule has 5 heteroatoms. The van der Waals surface area contributed by atoms with Gasteiger partial charge in [0.15, 0.2) is 0 Å². The molecule has 0 amide bonds. The Hall–Kier alpha value is -0.710. The van der Waals surface area contributed by atoms with Crippen LogP contribution in [-0.2, 0) is 15.3 Å². The summed E-state index contributed by atoms with van der Waals surface area (Å²) < 4.78 is 37.0. The van der Waals surface area contributed by atoms with Crippen molar-refractivity contribution >= 4 is 11.6 Å². The molecule has 0 N–H and O–H groups in total. The molecule has 2 nitrogen and oxygen atoms in total. The molecule has 0 unspecified atom stereocenters. The standard InChI is InChI=1S/C10H9ClF2O2/c11-6-10(14-3-4-15-10)8-5-7(12)1-2-9(8)13/h1-2,5H,3-4,6H2. The first-order valence-electron chi connectivity index (χ1n) is 4.47. The van der Waals surface area contributed by atoms with E-state index in [2.05, 4.69) is 0 Å². The molecule has 82 valence electrons. The number of ether oxygens (including phenoxy) is 2. The molecule has 0 saturated carbocycles. The van der Waals surface area contributed by atoms with Crippen LogP contribution >= 0.6 is 11.6 Å². The van der Waals surface area contributed by atoms with Gasteiger partial charge in [0.1, 0.15) is 11.6 Å². The summed E-state index contributed by atoms with van der Waals surface area (Å²) >= 11 is 5.68. The molecule has 1 heterocycles. The van der Waals surface area contributed by atoms with Crippen molar-refractivity contribution in [3.8, 4) is 0 Å². The fraction of sp³-hybridized carbons (Fsp3) is 0.400. The number of hydrogen-bond donors (Lipinski definition) is 0. The lowest BCUT2D eigenvalue weighted by Gasteiger charge is -2.25. The van der Waals surface area contributed by atoms with Crippen LogP contribution in [0.2, 0.25) is 0 Å². The third kappa shape index (κ3) is 1.85. The molecule has 1 aliphatic heterocycles. The van der Waals surface area contributed by atoms with E-state index in [0.717, 1.165) is 18.2 Å². The minimum absolute atomic E-state index is 0.00926. The number of hydrogen-bond acceptors (Lipinski definition) is 2. The molecule has 0 aliphatic carbocycles. The van der Waals surface area contributed by atoms with Crippen molar-refractivity contribution in [2.45, 2.75) is 5.79 Å². The Kier molecular flexibility index (Phi) is 2.91. The third-order valence-corrected chi connectivity index (χ3v) is 2.62. The van der Waals surface area contributed by atoms with Crippen LogP contribution in [0.25, 0.3) is 0 Å². The van der Waals surface area contributed by atoms with E-state index in [-0.39, 0.29) is 11.4 Å². The lowest BCUT2D eigenvalue weighted by atomic mass is 10.1. The Morgan fingerprint density at radius 2 is 1.93 bits per heavy atom. The van der Waals surface area contributed by atoms with Gasteiger partial charge in [-0.3, -0.25) is 0 Å². The highest BCUT2D eigenvalue weighted by Gasteiger charge is 2.40. The monoisotopic (exact) mass is 234 g/mol. The number of halogens is 3. The minimum Gasteiger partial charge on any atom is -0.342 e. The summed E-state index contributed by atoms with van der Waals surface area (Å²) in [7, 11) is 0. The SMILES string of the molecule is Fc1ccc(F)c(C2(CCl)OCCO2)c1. The maximum absolute atomic E-state index is 13.5. The van der Waals surface area contributed by atoms with E-state index in [1.165, 1.54) is 0 Å². The van der Waals surface area contributed by atoms with E-state index in [1.807, 2.05) is 0 Å². The highest BCUT2D eigenvalue weighted by atomic mass is 35.5. The van der Waals surface area contributed by atoms with Gasteiger partial charge in [-0.2, -0.15) is 0 Å². The van der Waals surface area contributed by atoms with Crippen LogP contribution in [0.15, 0.2) is 18.2 Å². The summed E-state index contributed by atoms with van der Waals surface area (Å²) in [4.78, 5) is 0. The Bertz CT molecular complexity index is 364. The zero-order valence-corrected chi connectivity index (χ0v) is 8.56. The summed E-state index contributed by atoms with van der Waals surface area (Å²) in [5, 5.41) is 0. The highest BCUT2D eigenvalue weighted by Crippen LogP contribution is 2.34. The molecule has 0 spiro atoms. The molecule has 0 bridgehead atoms. The van der Waals surface area contributed by atoms with Gasteiger partial charge in [-0.1, -0.05) is 0 Å². The van der Waals surface area contributed by atoms with Crippen LogP contribution in [0.1, 0.15) is 5.56 Å². The van der Waals surface area contributed by atoms with Gasteiger partial charge in [0.2, 0.25) is 5.79 Å². The Morgan fingerprint density at radius 3 is 2.53 bits per heavy atom. The molecule has 15 heavy (non-hydrogen) atoms. The van der Waals surface area contributed by atoms with Crippen molar-refractivity contribution in [1.29, 1.82) is 0 Å². The van der Waals surface area contributed by atoms with Crippen LogP contribution in [0.3, 0.4) is 0 Å². The van der Waals surface area contributed by atoms with E-state index in [4.69, 9.17) is 21.1 Å². The average molecular weight is 235 g/mol. The first-order chi connectivity index (χ1) is 7.18. The van der Waals surface area contributed by atoms with E-state index < -0.39 is 17.4 Å². The minimum atomic E-state index is -1.34. The Morgan fingerprint density at radius 1 is 1.27 bits per heavy atom. The van der Waals surface area contributed by atoms with Crippen LogP contribution in [0, 0.1) is 11.6 Å². The normalized spacial score (nSPS) is 19.4. The molecule has 0 aromatic heterocycles.